The minimum absolute atomic E-state index is 0.00585. The molecule has 2 rings (SSSR count). The van der Waals surface area contributed by atoms with E-state index in [-0.39, 0.29) is 23.0 Å². The number of ether oxygens (including phenoxy) is 1. The van der Waals surface area contributed by atoms with Crippen molar-refractivity contribution in [1.82, 2.24) is 5.43 Å². The van der Waals surface area contributed by atoms with Crippen LogP contribution in [0.3, 0.4) is 0 Å². The third kappa shape index (κ3) is 4.16. The van der Waals surface area contributed by atoms with Crippen LogP contribution in [-0.4, -0.2) is 19.3 Å². The highest BCUT2D eigenvalue weighted by atomic mass is 35.5. The quantitative estimate of drug-likeness (QED) is 0.624. The molecule has 0 aromatic heterocycles. The highest BCUT2D eigenvalue weighted by Crippen LogP contribution is 2.30. The minimum atomic E-state index is -0.363. The summed E-state index contributed by atoms with van der Waals surface area (Å²) in [5.41, 5.74) is 3.38. The SMILES string of the molecule is COC(C1CCCCC1)C(Cc1cccc(Cl)c1F)NN. The van der Waals surface area contributed by atoms with E-state index in [0.717, 1.165) is 12.8 Å². The van der Waals surface area contributed by atoms with Crippen LogP contribution in [0.5, 0.6) is 0 Å². The molecule has 1 aliphatic rings. The van der Waals surface area contributed by atoms with Crippen LogP contribution in [0.2, 0.25) is 5.02 Å². The van der Waals surface area contributed by atoms with Crippen molar-refractivity contribution < 1.29 is 9.13 Å². The first-order valence-corrected chi connectivity index (χ1v) is 7.97. The lowest BCUT2D eigenvalue weighted by Gasteiger charge is -2.34. The topological polar surface area (TPSA) is 47.3 Å². The highest BCUT2D eigenvalue weighted by Gasteiger charge is 2.30. The van der Waals surface area contributed by atoms with Gasteiger partial charge >= 0.3 is 0 Å². The largest absolute Gasteiger partial charge is 0.379 e. The number of hydrazine groups is 1. The highest BCUT2D eigenvalue weighted by molar-refractivity contribution is 6.30. The zero-order valence-electron chi connectivity index (χ0n) is 12.4. The molecule has 118 valence electrons. The van der Waals surface area contributed by atoms with Gasteiger partial charge in [0, 0.05) is 7.11 Å². The summed E-state index contributed by atoms with van der Waals surface area (Å²) in [6.45, 7) is 0. The van der Waals surface area contributed by atoms with Crippen molar-refractivity contribution in [3.63, 3.8) is 0 Å². The Balaban J connectivity index is 2.11. The number of benzene rings is 1. The Bertz CT molecular complexity index is 452. The molecule has 0 aliphatic heterocycles. The lowest BCUT2D eigenvalue weighted by atomic mass is 9.81. The smallest absolute Gasteiger partial charge is 0.145 e. The van der Waals surface area contributed by atoms with E-state index >= 15 is 0 Å². The monoisotopic (exact) mass is 314 g/mol. The molecule has 0 amide bonds. The van der Waals surface area contributed by atoms with Gasteiger partial charge in [0.25, 0.3) is 0 Å². The number of rotatable bonds is 6. The standard InChI is InChI=1S/C16H24ClFN2O/c1-21-16(11-6-3-2-4-7-11)14(20-19)10-12-8-5-9-13(17)15(12)18/h5,8-9,11,14,16,20H,2-4,6-7,10,19H2,1H3. The number of methoxy groups -OCH3 is 1. The normalized spacial score (nSPS) is 19.4. The van der Waals surface area contributed by atoms with Gasteiger partial charge in [-0.05, 0) is 36.8 Å². The van der Waals surface area contributed by atoms with Gasteiger partial charge in [0.1, 0.15) is 5.82 Å². The third-order valence-corrected chi connectivity index (χ3v) is 4.76. The lowest BCUT2D eigenvalue weighted by Crippen LogP contribution is -2.50. The van der Waals surface area contributed by atoms with Crippen molar-refractivity contribution in [3.05, 3.63) is 34.6 Å². The van der Waals surface area contributed by atoms with Gasteiger partial charge in [0.15, 0.2) is 0 Å². The van der Waals surface area contributed by atoms with Gasteiger partial charge in [-0.3, -0.25) is 11.3 Å². The van der Waals surface area contributed by atoms with Crippen molar-refractivity contribution in [2.45, 2.75) is 50.7 Å². The van der Waals surface area contributed by atoms with Crippen LogP contribution in [0, 0.1) is 11.7 Å². The molecule has 1 aliphatic carbocycles. The summed E-state index contributed by atoms with van der Waals surface area (Å²) < 4.78 is 19.8. The van der Waals surface area contributed by atoms with Gasteiger partial charge in [0.2, 0.25) is 0 Å². The maximum Gasteiger partial charge on any atom is 0.145 e. The molecule has 21 heavy (non-hydrogen) atoms. The molecule has 1 fully saturated rings. The number of halogens is 2. The van der Waals surface area contributed by atoms with E-state index in [1.54, 1.807) is 25.3 Å². The summed E-state index contributed by atoms with van der Waals surface area (Å²) in [4.78, 5) is 0. The van der Waals surface area contributed by atoms with Crippen molar-refractivity contribution in [2.24, 2.45) is 11.8 Å². The molecule has 0 spiro atoms. The Labute approximate surface area is 131 Å². The molecule has 1 aromatic rings. The first-order chi connectivity index (χ1) is 10.2. The van der Waals surface area contributed by atoms with E-state index in [1.165, 1.54) is 19.3 Å². The number of nitrogens with one attached hydrogen (secondary N) is 1. The summed E-state index contributed by atoms with van der Waals surface area (Å²) >= 11 is 5.84. The van der Waals surface area contributed by atoms with Gasteiger partial charge < -0.3 is 4.74 Å². The molecule has 0 heterocycles. The summed E-state index contributed by atoms with van der Waals surface area (Å²) in [7, 11) is 1.71. The summed E-state index contributed by atoms with van der Waals surface area (Å²) in [6.07, 6.45) is 6.51. The minimum Gasteiger partial charge on any atom is -0.379 e. The van der Waals surface area contributed by atoms with Gasteiger partial charge in [-0.15, -0.1) is 0 Å². The van der Waals surface area contributed by atoms with Gasteiger partial charge in [-0.2, -0.15) is 0 Å². The summed E-state index contributed by atoms with van der Waals surface area (Å²) in [5.74, 6) is 5.82. The fourth-order valence-electron chi connectivity index (χ4n) is 3.36. The van der Waals surface area contributed by atoms with E-state index in [1.807, 2.05) is 0 Å². The zero-order chi connectivity index (χ0) is 15.2. The second-order valence-electron chi connectivity index (χ2n) is 5.79. The number of hydrogen-bond acceptors (Lipinski definition) is 3. The first-order valence-electron chi connectivity index (χ1n) is 7.59. The molecular formula is C16H24ClFN2O. The molecule has 1 aromatic carbocycles. The third-order valence-electron chi connectivity index (χ3n) is 4.47. The maximum atomic E-state index is 14.1. The molecular weight excluding hydrogens is 291 g/mol. The van der Waals surface area contributed by atoms with Crippen molar-refractivity contribution >= 4 is 11.6 Å². The van der Waals surface area contributed by atoms with Crippen LogP contribution >= 0.6 is 11.6 Å². The molecule has 0 radical (unpaired) electrons. The predicted molar refractivity (Wildman–Crippen MR) is 83.6 cm³/mol. The molecule has 0 bridgehead atoms. The molecule has 0 saturated heterocycles. The zero-order valence-corrected chi connectivity index (χ0v) is 13.2. The van der Waals surface area contributed by atoms with Crippen molar-refractivity contribution in [3.8, 4) is 0 Å². The molecule has 1 saturated carbocycles. The first kappa shape index (κ1) is 16.7. The van der Waals surface area contributed by atoms with Crippen LogP contribution in [0.25, 0.3) is 0 Å². The fraction of sp³-hybridized carbons (Fsp3) is 0.625. The number of nitrogens with two attached hydrogens (primary N) is 1. The van der Waals surface area contributed by atoms with Crippen molar-refractivity contribution in [2.75, 3.05) is 7.11 Å². The van der Waals surface area contributed by atoms with Crippen LogP contribution in [0.1, 0.15) is 37.7 Å². The molecule has 3 N–H and O–H groups in total. The van der Waals surface area contributed by atoms with Gasteiger partial charge in [-0.25, -0.2) is 4.39 Å². The van der Waals surface area contributed by atoms with Gasteiger partial charge in [-0.1, -0.05) is 43.0 Å². The van der Waals surface area contributed by atoms with Gasteiger partial charge in [0.05, 0.1) is 17.2 Å². The lowest BCUT2D eigenvalue weighted by molar-refractivity contribution is 0.00810. The molecule has 2 atom stereocenters. The second-order valence-corrected chi connectivity index (χ2v) is 6.20. The number of hydrogen-bond donors (Lipinski definition) is 2. The van der Waals surface area contributed by atoms with Crippen LogP contribution in [0.4, 0.5) is 4.39 Å². The molecule has 2 unspecified atom stereocenters. The summed E-state index contributed by atoms with van der Waals surface area (Å²) in [5, 5.41) is 0.148. The van der Waals surface area contributed by atoms with Crippen LogP contribution < -0.4 is 11.3 Å². The maximum absolute atomic E-state index is 14.1. The van der Waals surface area contributed by atoms with E-state index in [9.17, 15) is 4.39 Å². The second kappa shape index (κ2) is 8.08. The Morgan fingerprint density at radius 2 is 2.10 bits per heavy atom. The Kier molecular flexibility index (Phi) is 6.42. The Hall–Kier alpha value is -0.680. The van der Waals surface area contributed by atoms with E-state index < -0.39 is 0 Å². The van der Waals surface area contributed by atoms with Crippen molar-refractivity contribution in [1.29, 1.82) is 0 Å². The Morgan fingerprint density at radius 3 is 2.71 bits per heavy atom. The average molecular weight is 315 g/mol. The van der Waals surface area contributed by atoms with E-state index in [0.29, 0.717) is 17.9 Å². The summed E-state index contributed by atoms with van der Waals surface area (Å²) in [6, 6.07) is 4.95. The van der Waals surface area contributed by atoms with Crippen LogP contribution in [-0.2, 0) is 11.2 Å². The average Bonchev–Trinajstić information content (AvgIpc) is 2.52. The molecule has 3 nitrogen and oxygen atoms in total. The van der Waals surface area contributed by atoms with E-state index in [2.05, 4.69) is 5.43 Å². The van der Waals surface area contributed by atoms with Crippen LogP contribution in [0.15, 0.2) is 18.2 Å². The molecule has 5 heteroatoms. The fourth-order valence-corrected chi connectivity index (χ4v) is 3.56. The predicted octanol–water partition coefficient (Wildman–Crippen LogP) is 3.45. The van der Waals surface area contributed by atoms with E-state index in [4.69, 9.17) is 22.2 Å². The Morgan fingerprint density at radius 1 is 1.38 bits per heavy atom.